The van der Waals surface area contributed by atoms with Crippen LogP contribution in [-0.4, -0.2) is 19.1 Å². The summed E-state index contributed by atoms with van der Waals surface area (Å²) in [6, 6.07) is 5.72. The molecule has 104 valence electrons. The fourth-order valence-corrected chi connectivity index (χ4v) is 3.13. The first-order chi connectivity index (χ1) is 9.11. The van der Waals surface area contributed by atoms with Crippen LogP contribution in [-0.2, 0) is 0 Å². The number of halogens is 1. The number of carbonyl (C=O) groups excluding carboxylic acids is 1. The van der Waals surface area contributed by atoms with Gasteiger partial charge in [0.2, 0.25) is 0 Å². The molecule has 1 aromatic carbocycles. The normalized spacial score (nSPS) is 22.9. The Morgan fingerprint density at radius 1 is 1.37 bits per heavy atom. The third-order valence-electron chi connectivity index (χ3n) is 3.84. The first-order valence-corrected chi connectivity index (χ1v) is 7.55. The van der Waals surface area contributed by atoms with Gasteiger partial charge in [-0.3, -0.25) is 4.79 Å². The van der Waals surface area contributed by atoms with Gasteiger partial charge in [0.05, 0.1) is 11.6 Å². The number of benzene rings is 1. The lowest BCUT2D eigenvalue weighted by atomic mass is 9.86. The van der Waals surface area contributed by atoms with Crippen molar-refractivity contribution in [3.63, 3.8) is 0 Å². The van der Waals surface area contributed by atoms with Crippen molar-refractivity contribution in [2.24, 2.45) is 5.92 Å². The van der Waals surface area contributed by atoms with Crippen LogP contribution in [0.3, 0.4) is 0 Å². The second-order valence-electron chi connectivity index (χ2n) is 5.19. The Morgan fingerprint density at radius 2 is 2.11 bits per heavy atom. The second-order valence-corrected chi connectivity index (χ2v) is 6.05. The van der Waals surface area contributed by atoms with E-state index in [0.29, 0.717) is 17.5 Å². The first kappa shape index (κ1) is 14.4. The molecule has 1 aliphatic rings. The molecular formula is C15H20BrNO2. The molecule has 0 unspecified atom stereocenters. The van der Waals surface area contributed by atoms with Gasteiger partial charge >= 0.3 is 0 Å². The monoisotopic (exact) mass is 325 g/mol. The lowest BCUT2D eigenvalue weighted by Gasteiger charge is -2.29. The molecule has 0 spiro atoms. The fraction of sp³-hybridized carbons (Fsp3) is 0.533. The summed E-state index contributed by atoms with van der Waals surface area (Å²) >= 11 is 3.41. The van der Waals surface area contributed by atoms with Gasteiger partial charge in [0.1, 0.15) is 5.75 Å². The smallest absolute Gasteiger partial charge is 0.251 e. The summed E-state index contributed by atoms with van der Waals surface area (Å²) in [5.74, 6) is 1.31. The Morgan fingerprint density at radius 3 is 2.74 bits per heavy atom. The van der Waals surface area contributed by atoms with Crippen molar-refractivity contribution in [3.05, 3.63) is 28.2 Å². The van der Waals surface area contributed by atoms with Crippen LogP contribution < -0.4 is 10.1 Å². The highest BCUT2D eigenvalue weighted by Gasteiger charge is 2.23. The number of carbonyl (C=O) groups is 1. The predicted molar refractivity (Wildman–Crippen MR) is 79.6 cm³/mol. The molecule has 19 heavy (non-hydrogen) atoms. The Balaban J connectivity index is 2.05. The van der Waals surface area contributed by atoms with Gasteiger partial charge in [-0.15, -0.1) is 0 Å². The lowest BCUT2D eigenvalue weighted by molar-refractivity contribution is 0.0910. The molecule has 4 heteroatoms. The molecule has 1 aliphatic carbocycles. The quantitative estimate of drug-likeness (QED) is 0.918. The molecule has 0 radical (unpaired) electrons. The molecule has 0 bridgehead atoms. The number of amides is 1. The minimum Gasteiger partial charge on any atom is -0.496 e. The van der Waals surface area contributed by atoms with Gasteiger partial charge in [-0.05, 0) is 52.9 Å². The standard InChI is InChI=1S/C15H20BrNO2/c1-10-5-3-4-6-13(10)17-15(18)11-7-8-14(19-2)12(16)9-11/h7-10,13H,3-6H2,1-2H3,(H,17,18)/t10-,13-/m0/s1. The molecule has 2 atom stereocenters. The molecule has 1 amide bonds. The van der Waals surface area contributed by atoms with Crippen LogP contribution in [0.4, 0.5) is 0 Å². The van der Waals surface area contributed by atoms with E-state index in [1.807, 2.05) is 12.1 Å². The van der Waals surface area contributed by atoms with Crippen molar-refractivity contribution in [1.82, 2.24) is 5.32 Å². The van der Waals surface area contributed by atoms with Gasteiger partial charge in [0, 0.05) is 11.6 Å². The van der Waals surface area contributed by atoms with Gasteiger partial charge in [-0.25, -0.2) is 0 Å². The van der Waals surface area contributed by atoms with Crippen LogP contribution in [0.5, 0.6) is 5.75 Å². The van der Waals surface area contributed by atoms with Crippen LogP contribution in [0.1, 0.15) is 43.0 Å². The molecule has 0 aromatic heterocycles. The van der Waals surface area contributed by atoms with Crippen molar-refractivity contribution >= 4 is 21.8 Å². The number of rotatable bonds is 3. The van der Waals surface area contributed by atoms with E-state index >= 15 is 0 Å². The highest BCUT2D eigenvalue weighted by Crippen LogP contribution is 2.27. The summed E-state index contributed by atoms with van der Waals surface area (Å²) in [7, 11) is 1.61. The van der Waals surface area contributed by atoms with Gasteiger partial charge in [0.15, 0.2) is 0 Å². The Labute approximate surface area is 122 Å². The molecule has 0 saturated heterocycles. The zero-order valence-corrected chi connectivity index (χ0v) is 13.0. The predicted octanol–water partition coefficient (Wildman–Crippen LogP) is 3.77. The van der Waals surface area contributed by atoms with E-state index in [2.05, 4.69) is 28.2 Å². The largest absolute Gasteiger partial charge is 0.496 e. The fourth-order valence-electron chi connectivity index (χ4n) is 2.59. The van der Waals surface area contributed by atoms with Crippen LogP contribution >= 0.6 is 15.9 Å². The third kappa shape index (κ3) is 3.50. The van der Waals surface area contributed by atoms with E-state index < -0.39 is 0 Å². The summed E-state index contributed by atoms with van der Waals surface area (Å²) in [6.45, 7) is 2.22. The average Bonchev–Trinajstić information content (AvgIpc) is 2.41. The van der Waals surface area contributed by atoms with E-state index in [1.54, 1.807) is 13.2 Å². The van der Waals surface area contributed by atoms with Crippen molar-refractivity contribution < 1.29 is 9.53 Å². The Hall–Kier alpha value is -1.03. The molecule has 1 fully saturated rings. The number of ether oxygens (including phenoxy) is 1. The zero-order chi connectivity index (χ0) is 13.8. The average molecular weight is 326 g/mol. The second kappa shape index (κ2) is 6.42. The summed E-state index contributed by atoms with van der Waals surface area (Å²) in [6.07, 6.45) is 4.78. The van der Waals surface area contributed by atoms with Gasteiger partial charge < -0.3 is 10.1 Å². The maximum Gasteiger partial charge on any atom is 0.251 e. The number of hydrogen-bond acceptors (Lipinski definition) is 2. The van der Waals surface area contributed by atoms with Gasteiger partial charge in [-0.2, -0.15) is 0 Å². The minimum absolute atomic E-state index is 0.00195. The van der Waals surface area contributed by atoms with Crippen LogP contribution in [0.2, 0.25) is 0 Å². The molecule has 0 heterocycles. The highest BCUT2D eigenvalue weighted by molar-refractivity contribution is 9.10. The minimum atomic E-state index is 0.00195. The maximum atomic E-state index is 12.2. The van der Waals surface area contributed by atoms with Crippen molar-refractivity contribution in [3.8, 4) is 5.75 Å². The molecule has 2 rings (SSSR count). The first-order valence-electron chi connectivity index (χ1n) is 6.76. The number of methoxy groups -OCH3 is 1. The van der Waals surface area contributed by atoms with Gasteiger partial charge in [0.25, 0.3) is 5.91 Å². The third-order valence-corrected chi connectivity index (χ3v) is 4.46. The SMILES string of the molecule is COc1ccc(C(=O)N[C@H]2CCCC[C@@H]2C)cc1Br. The Bertz CT molecular complexity index is 461. The summed E-state index contributed by atoms with van der Waals surface area (Å²) in [5.41, 5.74) is 0.672. The molecule has 0 aliphatic heterocycles. The number of nitrogens with one attached hydrogen (secondary N) is 1. The van der Waals surface area contributed by atoms with E-state index in [0.717, 1.165) is 16.6 Å². The van der Waals surface area contributed by atoms with Crippen molar-refractivity contribution in [1.29, 1.82) is 0 Å². The van der Waals surface area contributed by atoms with Crippen LogP contribution in [0.25, 0.3) is 0 Å². The van der Waals surface area contributed by atoms with E-state index in [1.165, 1.54) is 19.3 Å². The maximum absolute atomic E-state index is 12.2. The van der Waals surface area contributed by atoms with E-state index in [9.17, 15) is 4.79 Å². The van der Waals surface area contributed by atoms with Crippen LogP contribution in [0.15, 0.2) is 22.7 Å². The summed E-state index contributed by atoms with van der Waals surface area (Å²) in [5, 5.41) is 3.15. The molecule has 3 nitrogen and oxygen atoms in total. The van der Waals surface area contributed by atoms with Crippen molar-refractivity contribution in [2.75, 3.05) is 7.11 Å². The molecular weight excluding hydrogens is 306 g/mol. The topological polar surface area (TPSA) is 38.3 Å². The molecule has 1 N–H and O–H groups in total. The van der Waals surface area contributed by atoms with E-state index in [-0.39, 0.29) is 5.91 Å². The number of hydrogen-bond donors (Lipinski definition) is 1. The van der Waals surface area contributed by atoms with E-state index in [4.69, 9.17) is 4.74 Å². The zero-order valence-electron chi connectivity index (χ0n) is 11.4. The molecule has 1 aromatic rings. The lowest BCUT2D eigenvalue weighted by Crippen LogP contribution is -2.41. The van der Waals surface area contributed by atoms with Crippen LogP contribution in [0, 0.1) is 5.92 Å². The summed E-state index contributed by atoms with van der Waals surface area (Å²) < 4.78 is 5.97. The van der Waals surface area contributed by atoms with Crippen molar-refractivity contribution in [2.45, 2.75) is 38.6 Å². The summed E-state index contributed by atoms with van der Waals surface area (Å²) in [4.78, 5) is 12.2. The van der Waals surface area contributed by atoms with Gasteiger partial charge in [-0.1, -0.05) is 19.8 Å². The molecule has 1 saturated carbocycles. The highest BCUT2D eigenvalue weighted by atomic mass is 79.9. The Kier molecular flexibility index (Phi) is 4.86.